The van der Waals surface area contributed by atoms with Crippen LogP contribution in [-0.2, 0) is 12.8 Å². The van der Waals surface area contributed by atoms with Crippen molar-refractivity contribution in [3.8, 4) is 11.1 Å². The van der Waals surface area contributed by atoms with Crippen molar-refractivity contribution in [2.75, 3.05) is 0 Å². The van der Waals surface area contributed by atoms with Crippen LogP contribution in [0.5, 0.6) is 0 Å². The van der Waals surface area contributed by atoms with Gasteiger partial charge in [-0.15, -0.1) is 0 Å². The smallest absolute Gasteiger partial charge is 0.107 e. The number of para-hydroxylation sites is 1. The van der Waals surface area contributed by atoms with E-state index >= 15 is 0 Å². The number of nitrogens with one attached hydrogen (secondary N) is 1. The van der Waals surface area contributed by atoms with Gasteiger partial charge in [-0.25, -0.2) is 4.98 Å². The number of hydrogen-bond acceptors (Lipinski definition) is 1. The Morgan fingerprint density at radius 3 is 2.28 bits per heavy atom. The first-order chi connectivity index (χ1) is 14.3. The van der Waals surface area contributed by atoms with Gasteiger partial charge in [0.15, 0.2) is 0 Å². The molecule has 2 heteroatoms. The Kier molecular flexibility index (Phi) is 6.41. The van der Waals surface area contributed by atoms with Gasteiger partial charge in [-0.3, -0.25) is 0 Å². The molecule has 0 amide bonds. The van der Waals surface area contributed by atoms with Crippen LogP contribution in [0.1, 0.15) is 56.0 Å². The van der Waals surface area contributed by atoms with Gasteiger partial charge in [-0.1, -0.05) is 99.3 Å². The molecule has 0 bridgehead atoms. The lowest BCUT2D eigenvalue weighted by molar-refractivity contribution is 0.625. The van der Waals surface area contributed by atoms with E-state index in [4.69, 9.17) is 4.98 Å². The summed E-state index contributed by atoms with van der Waals surface area (Å²) in [6.07, 6.45) is 8.44. The molecule has 0 saturated carbocycles. The Labute approximate surface area is 174 Å². The molecule has 4 aromatic rings. The van der Waals surface area contributed by atoms with Crippen LogP contribution in [0.3, 0.4) is 0 Å². The minimum atomic E-state index is 0.910. The van der Waals surface area contributed by atoms with E-state index in [1.165, 1.54) is 54.4 Å². The zero-order valence-electron chi connectivity index (χ0n) is 17.3. The number of rotatable bonds is 9. The third-order valence-corrected chi connectivity index (χ3v) is 5.62. The molecule has 1 N–H and O–H groups in total. The quantitative estimate of drug-likeness (QED) is 0.302. The van der Waals surface area contributed by atoms with Crippen molar-refractivity contribution in [2.24, 2.45) is 0 Å². The van der Waals surface area contributed by atoms with Crippen LogP contribution in [0.2, 0.25) is 0 Å². The van der Waals surface area contributed by atoms with Crippen LogP contribution in [-0.4, -0.2) is 9.97 Å². The number of hydrogen-bond donors (Lipinski definition) is 1. The number of aryl methyl sites for hydroxylation is 1. The lowest BCUT2D eigenvalue weighted by Crippen LogP contribution is -1.91. The van der Waals surface area contributed by atoms with Crippen molar-refractivity contribution in [3.63, 3.8) is 0 Å². The van der Waals surface area contributed by atoms with E-state index in [-0.39, 0.29) is 0 Å². The zero-order valence-corrected chi connectivity index (χ0v) is 17.3. The molecule has 1 aromatic heterocycles. The molecule has 0 spiro atoms. The van der Waals surface area contributed by atoms with Gasteiger partial charge in [0.05, 0.1) is 11.0 Å². The fourth-order valence-electron chi connectivity index (χ4n) is 3.97. The lowest BCUT2D eigenvalue weighted by atomic mass is 10.00. The maximum absolute atomic E-state index is 4.94. The number of H-pyrrole nitrogens is 1. The number of unbranched alkanes of at least 4 members (excludes halogenated alkanes) is 4. The summed E-state index contributed by atoms with van der Waals surface area (Å²) in [7, 11) is 0. The van der Waals surface area contributed by atoms with Crippen LogP contribution in [0.15, 0.2) is 72.8 Å². The third-order valence-electron chi connectivity index (χ3n) is 5.62. The number of aromatic amines is 1. The van der Waals surface area contributed by atoms with Gasteiger partial charge < -0.3 is 4.98 Å². The van der Waals surface area contributed by atoms with Gasteiger partial charge >= 0.3 is 0 Å². The number of imidazole rings is 1. The largest absolute Gasteiger partial charge is 0.342 e. The Bertz CT molecular complexity index is 1030. The molecule has 0 atom stereocenters. The first kappa shape index (κ1) is 19.4. The molecule has 0 radical (unpaired) electrons. The molecule has 0 aliphatic heterocycles. The summed E-state index contributed by atoms with van der Waals surface area (Å²) >= 11 is 0. The average Bonchev–Trinajstić information content (AvgIpc) is 3.19. The highest BCUT2D eigenvalue weighted by molar-refractivity contribution is 5.79. The summed E-state index contributed by atoms with van der Waals surface area (Å²) in [5.74, 6) is 1.13. The van der Waals surface area contributed by atoms with E-state index in [1.807, 2.05) is 0 Å². The second-order valence-corrected chi connectivity index (χ2v) is 7.90. The second-order valence-electron chi connectivity index (χ2n) is 7.90. The van der Waals surface area contributed by atoms with E-state index in [0.717, 1.165) is 29.7 Å². The highest BCUT2D eigenvalue weighted by Gasteiger charge is 2.08. The minimum Gasteiger partial charge on any atom is -0.342 e. The number of benzene rings is 3. The van der Waals surface area contributed by atoms with Gasteiger partial charge in [0, 0.05) is 6.42 Å². The van der Waals surface area contributed by atoms with Crippen LogP contribution < -0.4 is 0 Å². The summed E-state index contributed by atoms with van der Waals surface area (Å²) in [5.41, 5.74) is 7.43. The van der Waals surface area contributed by atoms with Crippen LogP contribution in [0.25, 0.3) is 22.2 Å². The summed E-state index contributed by atoms with van der Waals surface area (Å²) < 4.78 is 0. The van der Waals surface area contributed by atoms with Crippen LogP contribution in [0.4, 0.5) is 0 Å². The molecule has 4 rings (SSSR count). The summed E-state index contributed by atoms with van der Waals surface area (Å²) in [6, 6.07) is 25.9. The maximum atomic E-state index is 4.94. The highest BCUT2D eigenvalue weighted by Crippen LogP contribution is 2.23. The topological polar surface area (TPSA) is 28.7 Å². The first-order valence-electron chi connectivity index (χ1n) is 10.9. The van der Waals surface area contributed by atoms with Crippen LogP contribution >= 0.6 is 0 Å². The van der Waals surface area contributed by atoms with Gasteiger partial charge in [0.2, 0.25) is 0 Å². The van der Waals surface area contributed by atoms with Crippen molar-refractivity contribution in [2.45, 2.75) is 51.9 Å². The molecule has 0 unspecified atom stereocenters. The van der Waals surface area contributed by atoms with E-state index < -0.39 is 0 Å². The molecular weight excluding hydrogens is 352 g/mol. The van der Waals surface area contributed by atoms with E-state index in [0.29, 0.717) is 0 Å². The molecule has 2 nitrogen and oxygen atoms in total. The average molecular weight is 383 g/mol. The molecule has 0 saturated heterocycles. The van der Waals surface area contributed by atoms with Gasteiger partial charge in [0.1, 0.15) is 5.82 Å². The van der Waals surface area contributed by atoms with Gasteiger partial charge in [-0.2, -0.15) is 0 Å². The number of aromatic nitrogens is 2. The minimum absolute atomic E-state index is 0.910. The van der Waals surface area contributed by atoms with Gasteiger partial charge in [-0.05, 0) is 41.2 Å². The van der Waals surface area contributed by atoms with Crippen molar-refractivity contribution < 1.29 is 0 Å². The summed E-state index contributed by atoms with van der Waals surface area (Å²) in [4.78, 5) is 8.47. The predicted octanol–water partition coefficient (Wildman–Crippen LogP) is 7.33. The van der Waals surface area contributed by atoms with Gasteiger partial charge in [0.25, 0.3) is 0 Å². The third kappa shape index (κ3) is 4.95. The van der Waals surface area contributed by atoms with Crippen molar-refractivity contribution in [3.05, 3.63) is 89.7 Å². The fourth-order valence-corrected chi connectivity index (χ4v) is 3.97. The standard InChI is InChI=1S/C27H30N2/c1-2-3-4-5-9-15-26-28-25-14-10-13-24(27(25)29-26)20-21-16-18-23(19-17-21)22-11-7-6-8-12-22/h6-8,10-14,16-19H,2-5,9,15,20H2,1H3,(H,28,29). The Hall–Kier alpha value is -2.87. The first-order valence-corrected chi connectivity index (χ1v) is 10.9. The molecular formula is C27H30N2. The van der Waals surface area contributed by atoms with E-state index in [1.54, 1.807) is 0 Å². The molecule has 0 aliphatic rings. The normalized spacial score (nSPS) is 11.2. The zero-order chi connectivity index (χ0) is 19.9. The van der Waals surface area contributed by atoms with Crippen molar-refractivity contribution >= 4 is 11.0 Å². The SMILES string of the molecule is CCCCCCCc1nc2c(Cc3ccc(-c4ccccc4)cc3)cccc2[nH]1. The molecule has 29 heavy (non-hydrogen) atoms. The number of fused-ring (bicyclic) bond motifs is 1. The van der Waals surface area contributed by atoms with Crippen molar-refractivity contribution in [1.82, 2.24) is 9.97 Å². The monoisotopic (exact) mass is 382 g/mol. The fraction of sp³-hybridized carbons (Fsp3) is 0.296. The predicted molar refractivity (Wildman–Crippen MR) is 123 cm³/mol. The molecule has 0 fully saturated rings. The Balaban J connectivity index is 1.46. The van der Waals surface area contributed by atoms with E-state index in [9.17, 15) is 0 Å². The molecule has 0 aliphatic carbocycles. The molecule has 3 aromatic carbocycles. The Morgan fingerprint density at radius 1 is 0.724 bits per heavy atom. The second kappa shape index (κ2) is 9.56. The summed E-state index contributed by atoms with van der Waals surface area (Å²) in [6.45, 7) is 2.26. The van der Waals surface area contributed by atoms with E-state index in [2.05, 4.69) is 84.7 Å². The summed E-state index contributed by atoms with van der Waals surface area (Å²) in [5, 5.41) is 0. The maximum Gasteiger partial charge on any atom is 0.107 e. The molecule has 148 valence electrons. The van der Waals surface area contributed by atoms with Crippen LogP contribution in [0, 0.1) is 0 Å². The Morgan fingerprint density at radius 2 is 1.48 bits per heavy atom. The number of nitrogens with zero attached hydrogens (tertiary/aromatic N) is 1. The van der Waals surface area contributed by atoms with Crippen molar-refractivity contribution in [1.29, 1.82) is 0 Å². The lowest BCUT2D eigenvalue weighted by Gasteiger charge is -2.06. The highest BCUT2D eigenvalue weighted by atomic mass is 14.9. The molecule has 1 heterocycles.